The number of aromatic hydroxyl groups is 1. The summed E-state index contributed by atoms with van der Waals surface area (Å²) in [6.07, 6.45) is 0. The van der Waals surface area contributed by atoms with Gasteiger partial charge in [0.2, 0.25) is 5.79 Å². The molecule has 1 aliphatic rings. The molecule has 3 rings (SSSR count). The monoisotopic (exact) mass is 270 g/mol. The van der Waals surface area contributed by atoms with Crippen LogP contribution in [0, 0.1) is 5.92 Å². The van der Waals surface area contributed by atoms with Crippen molar-refractivity contribution in [3.63, 3.8) is 0 Å². The molecular formula is C16H14O4. The summed E-state index contributed by atoms with van der Waals surface area (Å²) >= 11 is 0. The fourth-order valence-corrected chi connectivity index (χ4v) is 2.45. The Labute approximate surface area is 116 Å². The number of rotatable bonds is 1. The van der Waals surface area contributed by atoms with Crippen molar-refractivity contribution < 1.29 is 19.7 Å². The molecule has 0 fully saturated rings. The van der Waals surface area contributed by atoms with Gasteiger partial charge in [0.15, 0.2) is 5.78 Å². The number of hydrogen-bond donors (Lipinski definition) is 2. The van der Waals surface area contributed by atoms with Crippen LogP contribution in [0.15, 0.2) is 48.5 Å². The van der Waals surface area contributed by atoms with Crippen LogP contribution in [0.1, 0.15) is 22.8 Å². The van der Waals surface area contributed by atoms with E-state index >= 15 is 0 Å². The Bertz CT molecular complexity index is 665. The number of aliphatic hydroxyl groups is 1. The number of hydrogen-bond acceptors (Lipinski definition) is 4. The summed E-state index contributed by atoms with van der Waals surface area (Å²) in [6.45, 7) is 1.63. The van der Waals surface area contributed by atoms with Crippen molar-refractivity contribution >= 4 is 5.78 Å². The molecule has 2 aromatic carbocycles. The zero-order chi connectivity index (χ0) is 14.3. The van der Waals surface area contributed by atoms with Crippen LogP contribution in [0.5, 0.6) is 11.5 Å². The van der Waals surface area contributed by atoms with E-state index in [0.717, 1.165) is 0 Å². The second kappa shape index (κ2) is 4.35. The summed E-state index contributed by atoms with van der Waals surface area (Å²) in [4.78, 5) is 12.4. The minimum absolute atomic E-state index is 0.0125. The van der Waals surface area contributed by atoms with Crippen LogP contribution in [0.25, 0.3) is 0 Å². The Morgan fingerprint density at radius 1 is 1.15 bits per heavy atom. The summed E-state index contributed by atoms with van der Waals surface area (Å²) in [5.41, 5.74) is 0.880. The van der Waals surface area contributed by atoms with Gasteiger partial charge in [0.1, 0.15) is 11.5 Å². The third kappa shape index (κ3) is 1.77. The van der Waals surface area contributed by atoms with E-state index in [1.807, 2.05) is 6.07 Å². The maximum atomic E-state index is 12.4. The molecule has 0 saturated heterocycles. The van der Waals surface area contributed by atoms with Gasteiger partial charge in [0.05, 0.1) is 11.5 Å². The fourth-order valence-electron chi connectivity index (χ4n) is 2.45. The highest BCUT2D eigenvalue weighted by Crippen LogP contribution is 2.42. The Hall–Kier alpha value is -2.33. The minimum Gasteiger partial charge on any atom is -0.508 e. The molecule has 0 aliphatic carbocycles. The first-order valence-corrected chi connectivity index (χ1v) is 6.36. The van der Waals surface area contributed by atoms with Crippen LogP contribution >= 0.6 is 0 Å². The average Bonchev–Trinajstić information content (AvgIpc) is 2.45. The molecular weight excluding hydrogens is 256 g/mol. The van der Waals surface area contributed by atoms with Gasteiger partial charge in [-0.05, 0) is 19.1 Å². The SMILES string of the molecule is C[C@@H]1C(=O)c2ccc(O)cc2O[C@@]1(O)c1ccccc1. The highest BCUT2D eigenvalue weighted by Gasteiger charge is 2.47. The van der Waals surface area contributed by atoms with Crippen LogP contribution in [0.4, 0.5) is 0 Å². The summed E-state index contributed by atoms with van der Waals surface area (Å²) < 4.78 is 5.64. The fraction of sp³-hybridized carbons (Fsp3) is 0.188. The van der Waals surface area contributed by atoms with Gasteiger partial charge >= 0.3 is 0 Å². The predicted octanol–water partition coefficient (Wildman–Crippen LogP) is 2.45. The topological polar surface area (TPSA) is 66.8 Å². The minimum atomic E-state index is -1.72. The molecule has 4 nitrogen and oxygen atoms in total. The lowest BCUT2D eigenvalue weighted by molar-refractivity contribution is -0.176. The zero-order valence-corrected chi connectivity index (χ0v) is 10.9. The Morgan fingerprint density at radius 2 is 1.85 bits per heavy atom. The van der Waals surface area contributed by atoms with Gasteiger partial charge in [0.25, 0.3) is 0 Å². The third-order valence-electron chi connectivity index (χ3n) is 3.66. The van der Waals surface area contributed by atoms with Crippen molar-refractivity contribution in [1.29, 1.82) is 0 Å². The van der Waals surface area contributed by atoms with Gasteiger partial charge in [-0.1, -0.05) is 30.3 Å². The Balaban J connectivity index is 2.14. The lowest BCUT2D eigenvalue weighted by Gasteiger charge is -2.38. The first-order chi connectivity index (χ1) is 9.52. The van der Waals surface area contributed by atoms with E-state index in [1.54, 1.807) is 31.2 Å². The van der Waals surface area contributed by atoms with Crippen LogP contribution in [-0.2, 0) is 5.79 Å². The number of carbonyl (C=O) groups is 1. The quantitative estimate of drug-likeness (QED) is 0.835. The van der Waals surface area contributed by atoms with E-state index in [1.165, 1.54) is 18.2 Å². The van der Waals surface area contributed by atoms with Gasteiger partial charge in [-0.3, -0.25) is 4.79 Å². The number of phenolic OH excluding ortho intramolecular Hbond substituents is 1. The Kier molecular flexibility index (Phi) is 2.76. The molecule has 102 valence electrons. The van der Waals surface area contributed by atoms with E-state index in [9.17, 15) is 15.0 Å². The summed E-state index contributed by atoms with van der Waals surface area (Å²) in [5, 5.41) is 20.3. The van der Waals surface area contributed by atoms with Gasteiger partial charge in [-0.25, -0.2) is 0 Å². The van der Waals surface area contributed by atoms with E-state index in [0.29, 0.717) is 11.1 Å². The molecule has 0 amide bonds. The summed E-state index contributed by atoms with van der Waals surface area (Å²) in [6, 6.07) is 13.1. The van der Waals surface area contributed by atoms with Crippen molar-refractivity contribution in [2.75, 3.05) is 0 Å². The highest BCUT2D eigenvalue weighted by atomic mass is 16.6. The molecule has 0 saturated carbocycles. The van der Waals surface area contributed by atoms with Crippen LogP contribution in [0.2, 0.25) is 0 Å². The molecule has 0 unspecified atom stereocenters. The molecule has 2 atom stereocenters. The number of carbonyl (C=O) groups excluding carboxylic acids is 1. The van der Waals surface area contributed by atoms with E-state index < -0.39 is 11.7 Å². The second-order valence-electron chi connectivity index (χ2n) is 4.93. The van der Waals surface area contributed by atoms with Gasteiger partial charge in [-0.2, -0.15) is 0 Å². The second-order valence-corrected chi connectivity index (χ2v) is 4.93. The maximum Gasteiger partial charge on any atom is 0.244 e. The number of Topliss-reactive ketones (excluding diaryl/α,β-unsaturated/α-hetero) is 1. The normalized spacial score (nSPS) is 24.9. The molecule has 0 radical (unpaired) electrons. The largest absolute Gasteiger partial charge is 0.508 e. The first kappa shape index (κ1) is 12.7. The molecule has 0 aromatic heterocycles. The summed E-state index contributed by atoms with van der Waals surface area (Å²) in [7, 11) is 0. The molecule has 2 N–H and O–H groups in total. The van der Waals surface area contributed by atoms with E-state index in [4.69, 9.17) is 4.74 Å². The van der Waals surface area contributed by atoms with Gasteiger partial charge in [-0.15, -0.1) is 0 Å². The zero-order valence-electron chi connectivity index (χ0n) is 10.9. The number of ether oxygens (including phenoxy) is 1. The third-order valence-corrected chi connectivity index (χ3v) is 3.66. The maximum absolute atomic E-state index is 12.4. The van der Waals surface area contributed by atoms with Crippen molar-refractivity contribution in [3.8, 4) is 11.5 Å². The van der Waals surface area contributed by atoms with Crippen LogP contribution in [-0.4, -0.2) is 16.0 Å². The van der Waals surface area contributed by atoms with Crippen molar-refractivity contribution in [2.45, 2.75) is 12.7 Å². The Morgan fingerprint density at radius 3 is 2.55 bits per heavy atom. The predicted molar refractivity (Wildman–Crippen MR) is 72.6 cm³/mol. The van der Waals surface area contributed by atoms with Crippen molar-refractivity contribution in [2.24, 2.45) is 5.92 Å². The lowest BCUT2D eigenvalue weighted by Crippen LogP contribution is -2.46. The molecule has 20 heavy (non-hydrogen) atoms. The highest BCUT2D eigenvalue weighted by molar-refractivity contribution is 6.02. The molecule has 0 spiro atoms. The number of fused-ring (bicyclic) bond motifs is 1. The number of phenols is 1. The number of benzene rings is 2. The smallest absolute Gasteiger partial charge is 0.244 e. The summed E-state index contributed by atoms with van der Waals surface area (Å²) in [5.74, 6) is -2.49. The molecule has 0 bridgehead atoms. The van der Waals surface area contributed by atoms with Crippen molar-refractivity contribution in [3.05, 3.63) is 59.7 Å². The average molecular weight is 270 g/mol. The number of ketones is 1. The molecule has 4 heteroatoms. The molecule has 1 aliphatic heterocycles. The first-order valence-electron chi connectivity index (χ1n) is 6.36. The van der Waals surface area contributed by atoms with Crippen molar-refractivity contribution in [1.82, 2.24) is 0 Å². The van der Waals surface area contributed by atoms with E-state index in [-0.39, 0.29) is 17.3 Å². The van der Waals surface area contributed by atoms with Gasteiger partial charge < -0.3 is 14.9 Å². The molecule has 2 aromatic rings. The standard InChI is InChI=1S/C16H14O4/c1-10-15(18)13-8-7-12(17)9-14(13)20-16(10,19)11-5-3-2-4-6-11/h2-10,17,19H,1H3/t10-,16-/m1/s1. The van der Waals surface area contributed by atoms with Crippen LogP contribution in [0.3, 0.4) is 0 Å². The lowest BCUT2D eigenvalue weighted by atomic mass is 9.84. The van der Waals surface area contributed by atoms with E-state index in [2.05, 4.69) is 0 Å². The van der Waals surface area contributed by atoms with Crippen LogP contribution < -0.4 is 4.74 Å². The molecule has 1 heterocycles. The van der Waals surface area contributed by atoms with Gasteiger partial charge in [0, 0.05) is 11.6 Å².